The molecule has 1 heterocycles. The predicted molar refractivity (Wildman–Crippen MR) is 143 cm³/mol. The topological polar surface area (TPSA) is 138 Å². The molecule has 9 nitrogen and oxygen atoms in total. The Balaban J connectivity index is 1.70. The number of aromatic nitrogens is 1. The van der Waals surface area contributed by atoms with Crippen LogP contribution in [0.25, 0.3) is 0 Å². The van der Waals surface area contributed by atoms with Crippen molar-refractivity contribution in [1.29, 1.82) is 0 Å². The normalized spacial score (nSPS) is 12.0. The van der Waals surface area contributed by atoms with Crippen LogP contribution < -0.4 is 16.2 Å². The Morgan fingerprint density at radius 3 is 2.00 bits per heavy atom. The van der Waals surface area contributed by atoms with Gasteiger partial charge in [-0.15, -0.1) is 0 Å². The van der Waals surface area contributed by atoms with Gasteiger partial charge < -0.3 is 25.5 Å². The lowest BCUT2D eigenvalue weighted by Crippen LogP contribution is -2.43. The summed E-state index contributed by atoms with van der Waals surface area (Å²) < 4.78 is 5.14. The van der Waals surface area contributed by atoms with Crippen LogP contribution in [0, 0.1) is 0 Å². The molecule has 0 unspecified atom stereocenters. The number of carboxylic acid groups (broad SMARTS) is 1. The number of amides is 2. The largest absolute Gasteiger partial charge is 0.480 e. The van der Waals surface area contributed by atoms with E-state index in [0.29, 0.717) is 5.69 Å². The number of ether oxygens (including phenoxy) is 1. The van der Waals surface area contributed by atoms with E-state index < -0.39 is 35.2 Å². The van der Waals surface area contributed by atoms with E-state index in [-0.39, 0.29) is 30.9 Å². The molecule has 2 amide bonds. The van der Waals surface area contributed by atoms with Crippen molar-refractivity contribution in [3.8, 4) is 0 Å². The van der Waals surface area contributed by atoms with E-state index in [1.54, 1.807) is 26.8 Å². The van der Waals surface area contributed by atoms with Crippen LogP contribution in [0.1, 0.15) is 66.7 Å². The summed E-state index contributed by atoms with van der Waals surface area (Å²) in [7, 11) is 0. The first kappa shape index (κ1) is 28.2. The van der Waals surface area contributed by atoms with Gasteiger partial charge in [0, 0.05) is 18.2 Å². The lowest BCUT2D eigenvalue weighted by atomic mass is 9.88. The van der Waals surface area contributed by atoms with Gasteiger partial charge in [-0.05, 0) is 56.9 Å². The molecule has 0 spiro atoms. The number of alkyl carbamates (subject to hydrolysis) is 1. The molecular weight excluding hydrogens is 486 g/mol. The second-order valence-electron chi connectivity index (χ2n) is 9.85. The van der Waals surface area contributed by atoms with Crippen molar-refractivity contribution >= 4 is 18.0 Å². The summed E-state index contributed by atoms with van der Waals surface area (Å²) in [6.45, 7) is 5.38. The fourth-order valence-electron chi connectivity index (χ4n) is 3.98. The molecule has 0 saturated heterocycles. The van der Waals surface area contributed by atoms with Crippen LogP contribution in [0.5, 0.6) is 0 Å². The number of hydrogen-bond donors (Lipinski definition) is 4. The molecule has 38 heavy (non-hydrogen) atoms. The summed E-state index contributed by atoms with van der Waals surface area (Å²) in [5.74, 6) is -2.29. The fraction of sp³-hybridized carbons (Fsp3) is 0.310. The minimum absolute atomic E-state index is 0.0525. The third kappa shape index (κ3) is 8.06. The van der Waals surface area contributed by atoms with Crippen molar-refractivity contribution in [3.05, 3.63) is 106 Å². The molecule has 0 bridgehead atoms. The van der Waals surface area contributed by atoms with Crippen LogP contribution in [-0.2, 0) is 9.53 Å². The first-order chi connectivity index (χ1) is 18.0. The van der Waals surface area contributed by atoms with E-state index in [1.165, 1.54) is 6.07 Å². The molecule has 1 atom stereocenters. The molecule has 3 rings (SSSR count). The molecule has 9 heteroatoms. The molecule has 200 valence electrons. The maximum absolute atomic E-state index is 12.9. The zero-order chi connectivity index (χ0) is 27.7. The Morgan fingerprint density at radius 2 is 1.50 bits per heavy atom. The monoisotopic (exact) mass is 519 g/mol. The standard InChI is InChI=1S/C29H33N3O6/c1-29(2,3)38-28(37)30-18-10-15-23(27(35)36)32-26(34)21-16-17-22(31-25(21)33)24(19-11-6-4-7-12-19)20-13-8-5-9-14-20/h4-9,11-14,16-17,23-24H,10,15,18H2,1-3H3,(H,30,37)(H,31,33)(H,32,34)(H,35,36)/t23-/m0/s1. The van der Waals surface area contributed by atoms with E-state index in [2.05, 4.69) is 15.6 Å². The van der Waals surface area contributed by atoms with E-state index in [0.717, 1.165) is 11.1 Å². The maximum atomic E-state index is 12.9. The van der Waals surface area contributed by atoms with Gasteiger partial charge in [0.25, 0.3) is 11.5 Å². The zero-order valence-electron chi connectivity index (χ0n) is 21.7. The number of benzene rings is 2. The third-order valence-corrected chi connectivity index (χ3v) is 5.69. The maximum Gasteiger partial charge on any atom is 0.407 e. The lowest BCUT2D eigenvalue weighted by molar-refractivity contribution is -0.139. The molecule has 0 aliphatic carbocycles. The number of pyridine rings is 1. The van der Waals surface area contributed by atoms with Gasteiger partial charge in [0.05, 0.1) is 0 Å². The van der Waals surface area contributed by atoms with Gasteiger partial charge >= 0.3 is 12.1 Å². The van der Waals surface area contributed by atoms with Crippen molar-refractivity contribution < 1.29 is 24.2 Å². The number of carbonyl (C=O) groups excluding carboxylic acids is 2. The van der Waals surface area contributed by atoms with Gasteiger partial charge in [-0.3, -0.25) is 9.59 Å². The highest BCUT2D eigenvalue weighted by Gasteiger charge is 2.24. The van der Waals surface area contributed by atoms with Gasteiger partial charge in [-0.25, -0.2) is 9.59 Å². The average molecular weight is 520 g/mol. The number of carbonyl (C=O) groups is 3. The van der Waals surface area contributed by atoms with Crippen LogP contribution in [-0.4, -0.2) is 46.2 Å². The smallest absolute Gasteiger partial charge is 0.407 e. The summed E-state index contributed by atoms with van der Waals surface area (Å²) in [6.07, 6.45) is -0.275. The average Bonchev–Trinajstić information content (AvgIpc) is 2.86. The number of hydrogen-bond acceptors (Lipinski definition) is 5. The minimum Gasteiger partial charge on any atom is -0.480 e. The predicted octanol–water partition coefficient (Wildman–Crippen LogP) is 4.04. The quantitative estimate of drug-likeness (QED) is 0.298. The summed E-state index contributed by atoms with van der Waals surface area (Å²) in [5, 5.41) is 14.5. The number of carboxylic acids is 1. The van der Waals surface area contributed by atoms with Crippen LogP contribution in [0.4, 0.5) is 4.79 Å². The van der Waals surface area contributed by atoms with Gasteiger partial charge in [0.1, 0.15) is 17.2 Å². The van der Waals surface area contributed by atoms with Crippen molar-refractivity contribution in [3.63, 3.8) is 0 Å². The third-order valence-electron chi connectivity index (χ3n) is 5.69. The fourth-order valence-corrected chi connectivity index (χ4v) is 3.98. The van der Waals surface area contributed by atoms with E-state index >= 15 is 0 Å². The minimum atomic E-state index is -1.24. The SMILES string of the molecule is CC(C)(C)OC(=O)NCCC[C@H](NC(=O)c1ccc(C(c2ccccc2)c2ccccc2)[nH]c1=O)C(=O)O. The van der Waals surface area contributed by atoms with E-state index in [9.17, 15) is 24.3 Å². The van der Waals surface area contributed by atoms with Gasteiger partial charge in [0.2, 0.25) is 0 Å². The molecule has 0 aliphatic rings. The van der Waals surface area contributed by atoms with Gasteiger partial charge in [0.15, 0.2) is 0 Å². The van der Waals surface area contributed by atoms with Gasteiger partial charge in [-0.1, -0.05) is 60.7 Å². The highest BCUT2D eigenvalue weighted by Crippen LogP contribution is 2.30. The Morgan fingerprint density at radius 1 is 0.921 bits per heavy atom. The molecule has 2 aromatic carbocycles. The van der Waals surface area contributed by atoms with Crippen molar-refractivity contribution in [2.75, 3.05) is 6.54 Å². The second kappa shape index (κ2) is 12.7. The molecular formula is C29H33N3O6. The molecule has 0 saturated carbocycles. The number of rotatable bonds is 10. The number of H-pyrrole nitrogens is 1. The summed E-state index contributed by atoms with van der Waals surface area (Å²) in [6, 6.07) is 21.2. The summed E-state index contributed by atoms with van der Waals surface area (Å²) >= 11 is 0. The summed E-state index contributed by atoms with van der Waals surface area (Å²) in [4.78, 5) is 52.0. The first-order valence-corrected chi connectivity index (χ1v) is 12.4. The van der Waals surface area contributed by atoms with Crippen LogP contribution in [0.2, 0.25) is 0 Å². The summed E-state index contributed by atoms with van der Waals surface area (Å²) in [5.41, 5.74) is 1.09. The Kier molecular flexibility index (Phi) is 9.43. The Labute approximate surface area is 221 Å². The Bertz CT molecular complexity index is 1260. The molecule has 0 aliphatic heterocycles. The first-order valence-electron chi connectivity index (χ1n) is 12.4. The lowest BCUT2D eigenvalue weighted by Gasteiger charge is -2.20. The highest BCUT2D eigenvalue weighted by atomic mass is 16.6. The van der Waals surface area contributed by atoms with Crippen LogP contribution in [0.3, 0.4) is 0 Å². The molecule has 4 N–H and O–H groups in total. The van der Waals surface area contributed by atoms with E-state index in [1.807, 2.05) is 60.7 Å². The molecule has 0 fully saturated rings. The van der Waals surface area contributed by atoms with Crippen LogP contribution in [0.15, 0.2) is 77.6 Å². The Hall–Kier alpha value is -4.40. The number of aliphatic carboxylic acids is 1. The van der Waals surface area contributed by atoms with Crippen LogP contribution >= 0.6 is 0 Å². The highest BCUT2D eigenvalue weighted by molar-refractivity contribution is 5.96. The molecule has 1 aromatic heterocycles. The van der Waals surface area contributed by atoms with Crippen molar-refractivity contribution in [1.82, 2.24) is 15.6 Å². The zero-order valence-corrected chi connectivity index (χ0v) is 21.7. The van der Waals surface area contributed by atoms with Crippen molar-refractivity contribution in [2.45, 2.75) is 51.2 Å². The van der Waals surface area contributed by atoms with E-state index in [4.69, 9.17) is 4.74 Å². The number of aromatic amines is 1. The number of nitrogens with one attached hydrogen (secondary N) is 3. The molecule has 0 radical (unpaired) electrons. The van der Waals surface area contributed by atoms with Gasteiger partial charge in [-0.2, -0.15) is 0 Å². The van der Waals surface area contributed by atoms with Crippen molar-refractivity contribution in [2.24, 2.45) is 0 Å². The second-order valence-corrected chi connectivity index (χ2v) is 9.85. The molecule has 3 aromatic rings.